The monoisotopic (exact) mass is 487 g/mol. The second kappa shape index (κ2) is 10.4. The van der Waals surface area contributed by atoms with E-state index in [0.717, 1.165) is 22.8 Å². The summed E-state index contributed by atoms with van der Waals surface area (Å²) in [6, 6.07) is 15.0. The van der Waals surface area contributed by atoms with Gasteiger partial charge in [0, 0.05) is 58.0 Å². The average molecular weight is 488 g/mol. The molecule has 8 nitrogen and oxygen atoms in total. The van der Waals surface area contributed by atoms with Crippen molar-refractivity contribution in [1.29, 1.82) is 0 Å². The first kappa shape index (κ1) is 24.7. The Hall–Kier alpha value is -2.46. The van der Waals surface area contributed by atoms with E-state index < -0.39 is 10.0 Å². The highest BCUT2D eigenvalue weighted by atomic mass is 32.2. The molecule has 0 radical (unpaired) electrons. The lowest BCUT2D eigenvalue weighted by atomic mass is 9.74. The molecular formula is C25H33N3O5S. The van der Waals surface area contributed by atoms with Crippen LogP contribution in [0.25, 0.3) is 0 Å². The molecule has 0 unspecified atom stereocenters. The molecule has 0 aliphatic carbocycles. The third-order valence-electron chi connectivity index (χ3n) is 6.77. The largest absolute Gasteiger partial charge is 0.381 e. The topological polar surface area (TPSA) is 88.2 Å². The Morgan fingerprint density at radius 2 is 1.65 bits per heavy atom. The molecule has 0 bridgehead atoms. The van der Waals surface area contributed by atoms with Crippen molar-refractivity contribution in [3.05, 3.63) is 59.7 Å². The van der Waals surface area contributed by atoms with Gasteiger partial charge in [0.1, 0.15) is 0 Å². The first-order valence-corrected chi connectivity index (χ1v) is 13.1. The van der Waals surface area contributed by atoms with E-state index in [9.17, 15) is 13.2 Å². The van der Waals surface area contributed by atoms with Gasteiger partial charge >= 0.3 is 0 Å². The van der Waals surface area contributed by atoms with Gasteiger partial charge in [-0.15, -0.1) is 0 Å². The van der Waals surface area contributed by atoms with Gasteiger partial charge in [0.2, 0.25) is 10.0 Å². The Kier molecular flexibility index (Phi) is 7.57. The maximum absolute atomic E-state index is 13.6. The number of anilines is 1. The number of carbonyl (C=O) groups excluding carboxylic acids is 1. The average Bonchev–Trinajstić information content (AvgIpc) is 2.88. The summed E-state index contributed by atoms with van der Waals surface area (Å²) in [4.78, 5) is 15.7. The first-order valence-electron chi connectivity index (χ1n) is 11.6. The highest BCUT2D eigenvalue weighted by molar-refractivity contribution is 7.89. The van der Waals surface area contributed by atoms with E-state index in [1.54, 1.807) is 12.1 Å². The van der Waals surface area contributed by atoms with E-state index in [1.165, 1.54) is 25.7 Å². The third kappa shape index (κ3) is 5.12. The number of hydrogen-bond acceptors (Lipinski definition) is 6. The predicted molar refractivity (Wildman–Crippen MR) is 131 cm³/mol. The van der Waals surface area contributed by atoms with E-state index in [2.05, 4.69) is 22.3 Å². The van der Waals surface area contributed by atoms with Gasteiger partial charge in [-0.05, 0) is 36.6 Å². The minimum atomic E-state index is -3.68. The molecule has 2 saturated heterocycles. The summed E-state index contributed by atoms with van der Waals surface area (Å²) in [6.45, 7) is 4.15. The number of nitrogens with one attached hydrogen (secondary N) is 1. The van der Waals surface area contributed by atoms with Gasteiger partial charge in [-0.25, -0.2) is 12.7 Å². The van der Waals surface area contributed by atoms with Gasteiger partial charge in [0.05, 0.1) is 23.7 Å². The molecule has 4 rings (SSSR count). The molecule has 0 atom stereocenters. The van der Waals surface area contributed by atoms with E-state index >= 15 is 0 Å². The van der Waals surface area contributed by atoms with Gasteiger partial charge in [0.15, 0.2) is 0 Å². The maximum atomic E-state index is 13.6. The SMILES string of the molecule is CN(C)S(=O)(=O)c1ccc(N2CCOCC2)c(C(=O)NCC2(c3ccccc3)CCOCC2)c1. The second-order valence-corrected chi connectivity index (χ2v) is 11.2. The summed E-state index contributed by atoms with van der Waals surface area (Å²) < 4.78 is 37.8. The third-order valence-corrected chi connectivity index (χ3v) is 8.58. The van der Waals surface area contributed by atoms with Crippen LogP contribution in [0.2, 0.25) is 0 Å². The number of amides is 1. The van der Waals surface area contributed by atoms with Gasteiger partial charge in [0.25, 0.3) is 5.91 Å². The van der Waals surface area contributed by atoms with Crippen molar-refractivity contribution < 1.29 is 22.7 Å². The Balaban J connectivity index is 1.65. The quantitative estimate of drug-likeness (QED) is 0.645. The summed E-state index contributed by atoms with van der Waals surface area (Å²) in [5.74, 6) is -0.279. The number of ether oxygens (including phenoxy) is 2. The normalized spacial score (nSPS) is 18.6. The van der Waals surface area contributed by atoms with Crippen LogP contribution in [0.5, 0.6) is 0 Å². The zero-order valence-corrected chi connectivity index (χ0v) is 20.6. The standard InChI is InChI=1S/C25H33N3O5S/c1-27(2)34(30,31)21-8-9-23(28-12-16-33-17-13-28)22(18-21)24(29)26-19-25(10-14-32-15-11-25)20-6-4-3-5-7-20/h3-9,18H,10-17,19H2,1-2H3,(H,26,29). The minimum absolute atomic E-state index is 0.100. The van der Waals surface area contributed by atoms with Crippen molar-refractivity contribution in [3.8, 4) is 0 Å². The Morgan fingerprint density at radius 3 is 2.29 bits per heavy atom. The van der Waals surface area contributed by atoms with Crippen LogP contribution in [0.15, 0.2) is 53.4 Å². The summed E-state index contributed by atoms with van der Waals surface area (Å²) in [5.41, 5.74) is 2.04. The van der Waals surface area contributed by atoms with Crippen LogP contribution < -0.4 is 10.2 Å². The molecule has 2 aliphatic rings. The van der Waals surface area contributed by atoms with Crippen LogP contribution >= 0.6 is 0 Å². The molecule has 1 N–H and O–H groups in total. The van der Waals surface area contributed by atoms with Crippen molar-refractivity contribution in [1.82, 2.24) is 9.62 Å². The molecule has 0 saturated carbocycles. The summed E-state index contributed by atoms with van der Waals surface area (Å²) in [7, 11) is -0.706. The molecule has 0 aromatic heterocycles. The lowest BCUT2D eigenvalue weighted by molar-refractivity contribution is 0.0487. The predicted octanol–water partition coefficient (Wildman–Crippen LogP) is 2.25. The minimum Gasteiger partial charge on any atom is -0.381 e. The highest BCUT2D eigenvalue weighted by Crippen LogP contribution is 2.34. The van der Waals surface area contributed by atoms with E-state index in [1.807, 2.05) is 18.2 Å². The molecule has 2 fully saturated rings. The second-order valence-electron chi connectivity index (χ2n) is 9.01. The number of hydrogen-bond donors (Lipinski definition) is 1. The zero-order valence-electron chi connectivity index (χ0n) is 19.8. The van der Waals surface area contributed by atoms with Crippen LogP contribution in [0.4, 0.5) is 5.69 Å². The van der Waals surface area contributed by atoms with E-state index in [-0.39, 0.29) is 16.2 Å². The fourth-order valence-electron chi connectivity index (χ4n) is 4.61. The molecule has 9 heteroatoms. The molecule has 2 aromatic carbocycles. The van der Waals surface area contributed by atoms with Crippen LogP contribution in [0, 0.1) is 0 Å². The van der Waals surface area contributed by atoms with Gasteiger partial charge < -0.3 is 19.7 Å². The molecule has 2 heterocycles. The molecular weight excluding hydrogens is 454 g/mol. The van der Waals surface area contributed by atoms with Crippen LogP contribution in [0.3, 0.4) is 0 Å². The molecule has 184 valence electrons. The molecule has 2 aliphatic heterocycles. The number of benzene rings is 2. The Morgan fingerprint density at radius 1 is 1.00 bits per heavy atom. The number of carbonyl (C=O) groups is 1. The molecule has 1 amide bonds. The van der Waals surface area contributed by atoms with Gasteiger partial charge in [-0.2, -0.15) is 0 Å². The fraction of sp³-hybridized carbons (Fsp3) is 0.480. The Bertz CT molecular complexity index is 1090. The number of morpholine rings is 1. The number of nitrogens with zero attached hydrogens (tertiary/aromatic N) is 2. The van der Waals surface area contributed by atoms with E-state index in [0.29, 0.717) is 51.6 Å². The van der Waals surface area contributed by atoms with Crippen molar-refractivity contribution in [3.63, 3.8) is 0 Å². The van der Waals surface area contributed by atoms with Crippen LogP contribution in [-0.2, 0) is 24.9 Å². The zero-order chi connectivity index (χ0) is 24.2. The number of rotatable bonds is 7. The molecule has 0 spiro atoms. The molecule has 2 aromatic rings. The molecule has 34 heavy (non-hydrogen) atoms. The summed E-state index contributed by atoms with van der Waals surface area (Å²) >= 11 is 0. The van der Waals surface area contributed by atoms with Crippen LogP contribution in [0.1, 0.15) is 28.8 Å². The van der Waals surface area contributed by atoms with Gasteiger partial charge in [-0.3, -0.25) is 4.79 Å². The van der Waals surface area contributed by atoms with Crippen molar-refractivity contribution in [2.24, 2.45) is 0 Å². The van der Waals surface area contributed by atoms with Crippen molar-refractivity contribution in [2.45, 2.75) is 23.2 Å². The highest BCUT2D eigenvalue weighted by Gasteiger charge is 2.35. The summed E-state index contributed by atoms with van der Waals surface area (Å²) in [5, 5.41) is 3.13. The van der Waals surface area contributed by atoms with Crippen molar-refractivity contribution >= 4 is 21.6 Å². The first-order chi connectivity index (χ1) is 16.3. The maximum Gasteiger partial charge on any atom is 0.253 e. The smallest absolute Gasteiger partial charge is 0.253 e. The summed E-state index contributed by atoms with van der Waals surface area (Å²) in [6.07, 6.45) is 1.62. The van der Waals surface area contributed by atoms with E-state index in [4.69, 9.17) is 9.47 Å². The Labute approximate surface area is 201 Å². The number of sulfonamides is 1. The van der Waals surface area contributed by atoms with Crippen LogP contribution in [-0.4, -0.2) is 78.8 Å². The van der Waals surface area contributed by atoms with Gasteiger partial charge in [-0.1, -0.05) is 30.3 Å². The lowest BCUT2D eigenvalue weighted by Crippen LogP contribution is -2.45. The lowest BCUT2D eigenvalue weighted by Gasteiger charge is -2.38. The van der Waals surface area contributed by atoms with Crippen molar-refractivity contribution in [2.75, 3.05) is 65.1 Å². The fourth-order valence-corrected chi connectivity index (χ4v) is 5.54.